The van der Waals surface area contributed by atoms with E-state index in [4.69, 9.17) is 0 Å². The maximum absolute atomic E-state index is 12.4. The number of hydrogen-bond acceptors (Lipinski definition) is 3. The largest absolute Gasteiger partial charge is 0.359 e. The van der Waals surface area contributed by atoms with Gasteiger partial charge in [0.25, 0.3) is 5.91 Å². The summed E-state index contributed by atoms with van der Waals surface area (Å²) in [7, 11) is 0. The number of para-hydroxylation sites is 1. The summed E-state index contributed by atoms with van der Waals surface area (Å²) in [4.78, 5) is 17.6. The lowest BCUT2D eigenvalue weighted by Crippen LogP contribution is -2.11. The van der Waals surface area contributed by atoms with E-state index in [-0.39, 0.29) is 5.91 Å². The fourth-order valence-electron chi connectivity index (χ4n) is 2.95. The maximum Gasteiger partial charge on any atom is 0.265 e. The molecule has 1 fully saturated rings. The molecule has 1 unspecified atom stereocenters. The molecule has 1 aliphatic heterocycles. The lowest BCUT2D eigenvalue weighted by molar-refractivity contribution is 0.103. The Morgan fingerprint density at radius 3 is 3.00 bits per heavy atom. The molecular weight excluding hydrogens is 294 g/mol. The molecule has 3 aromatic rings. The minimum atomic E-state index is -0.0426. The van der Waals surface area contributed by atoms with E-state index in [1.807, 2.05) is 36.5 Å². The van der Waals surface area contributed by atoms with E-state index < -0.39 is 0 Å². The Bertz CT molecular complexity index is 814. The van der Waals surface area contributed by atoms with Crippen LogP contribution in [0.25, 0.3) is 10.9 Å². The van der Waals surface area contributed by atoms with Crippen LogP contribution in [0.1, 0.15) is 33.4 Å². The molecule has 112 valence electrons. The van der Waals surface area contributed by atoms with Crippen molar-refractivity contribution in [1.29, 1.82) is 0 Å². The molecule has 0 spiro atoms. The number of nitrogens with one attached hydrogen (secondary N) is 3. The zero-order valence-corrected chi connectivity index (χ0v) is 12.9. The number of carbonyl (C=O) groups is 1. The van der Waals surface area contributed by atoms with Crippen molar-refractivity contribution in [2.75, 3.05) is 11.9 Å². The van der Waals surface area contributed by atoms with Crippen molar-refractivity contribution in [1.82, 2.24) is 10.3 Å². The maximum atomic E-state index is 12.4. The van der Waals surface area contributed by atoms with Crippen molar-refractivity contribution in [3.05, 3.63) is 52.3 Å². The Balaban J connectivity index is 1.54. The number of rotatable bonds is 3. The van der Waals surface area contributed by atoms with Gasteiger partial charge in [-0.05, 0) is 37.6 Å². The number of aromatic amines is 1. The number of aromatic nitrogens is 1. The van der Waals surface area contributed by atoms with Gasteiger partial charge in [0.05, 0.1) is 10.6 Å². The Morgan fingerprint density at radius 2 is 2.14 bits per heavy atom. The van der Waals surface area contributed by atoms with Crippen LogP contribution in [0.3, 0.4) is 0 Å². The van der Waals surface area contributed by atoms with Crippen molar-refractivity contribution < 1.29 is 4.79 Å². The standard InChI is InChI=1S/C17H17N3OS/c21-17(16-8-7-15(22-16)13-6-3-9-18-13)20-14-10-19-12-5-2-1-4-11(12)14/h1-2,4-5,7-8,10,13,18-19H,3,6,9H2,(H,20,21). The number of amides is 1. The zero-order valence-electron chi connectivity index (χ0n) is 12.1. The molecule has 4 nitrogen and oxygen atoms in total. The first kappa shape index (κ1) is 13.5. The molecule has 3 N–H and O–H groups in total. The van der Waals surface area contributed by atoms with Crippen LogP contribution in [0, 0.1) is 0 Å². The molecule has 5 heteroatoms. The molecule has 0 bridgehead atoms. The summed E-state index contributed by atoms with van der Waals surface area (Å²) >= 11 is 1.58. The minimum absolute atomic E-state index is 0.0426. The Hall–Kier alpha value is -2.11. The molecule has 3 heterocycles. The molecule has 4 rings (SSSR count). The zero-order chi connectivity index (χ0) is 14.9. The predicted molar refractivity (Wildman–Crippen MR) is 90.5 cm³/mol. The molecule has 0 aliphatic carbocycles. The van der Waals surface area contributed by atoms with E-state index in [9.17, 15) is 4.79 Å². The summed E-state index contributed by atoms with van der Waals surface area (Å²) in [5, 5.41) is 7.51. The van der Waals surface area contributed by atoms with E-state index in [1.54, 1.807) is 11.3 Å². The molecule has 0 saturated carbocycles. The van der Waals surface area contributed by atoms with Gasteiger partial charge >= 0.3 is 0 Å². The number of fused-ring (bicyclic) bond motifs is 1. The molecule has 0 radical (unpaired) electrons. The third kappa shape index (κ3) is 2.42. The van der Waals surface area contributed by atoms with Gasteiger partial charge in [0, 0.05) is 28.0 Å². The number of hydrogen-bond donors (Lipinski definition) is 3. The SMILES string of the molecule is O=C(Nc1c[nH]c2ccccc12)c1ccc(C2CCCN2)s1. The van der Waals surface area contributed by atoms with E-state index in [2.05, 4.69) is 21.7 Å². The summed E-state index contributed by atoms with van der Waals surface area (Å²) in [6.45, 7) is 1.07. The quantitative estimate of drug-likeness (QED) is 0.687. The lowest BCUT2D eigenvalue weighted by atomic mass is 10.2. The summed E-state index contributed by atoms with van der Waals surface area (Å²) < 4.78 is 0. The van der Waals surface area contributed by atoms with E-state index in [0.717, 1.165) is 34.4 Å². The topological polar surface area (TPSA) is 56.9 Å². The molecule has 2 aromatic heterocycles. The molecule has 1 atom stereocenters. The average Bonchev–Trinajstić information content (AvgIpc) is 3.28. The van der Waals surface area contributed by atoms with Gasteiger partial charge in [0.1, 0.15) is 0 Å². The second-order valence-electron chi connectivity index (χ2n) is 5.55. The van der Waals surface area contributed by atoms with Gasteiger partial charge in [-0.3, -0.25) is 4.79 Å². The highest BCUT2D eigenvalue weighted by atomic mass is 32.1. The number of carbonyl (C=O) groups excluding carboxylic acids is 1. The molecule has 1 amide bonds. The van der Waals surface area contributed by atoms with Crippen LogP contribution in [0.5, 0.6) is 0 Å². The number of thiophene rings is 1. The van der Waals surface area contributed by atoms with Gasteiger partial charge in [-0.2, -0.15) is 0 Å². The summed E-state index contributed by atoms with van der Waals surface area (Å²) in [6, 6.07) is 12.4. The molecule has 22 heavy (non-hydrogen) atoms. The first-order valence-corrected chi connectivity index (χ1v) is 8.33. The van der Waals surface area contributed by atoms with Crippen molar-refractivity contribution >= 4 is 33.8 Å². The van der Waals surface area contributed by atoms with Crippen molar-refractivity contribution in [2.45, 2.75) is 18.9 Å². The smallest absolute Gasteiger partial charge is 0.265 e. The van der Waals surface area contributed by atoms with Crippen LogP contribution in [-0.4, -0.2) is 17.4 Å². The molecule has 1 aromatic carbocycles. The van der Waals surface area contributed by atoms with Crippen LogP contribution < -0.4 is 10.6 Å². The first-order chi connectivity index (χ1) is 10.8. The van der Waals surface area contributed by atoms with Gasteiger partial charge in [0.2, 0.25) is 0 Å². The highest BCUT2D eigenvalue weighted by Gasteiger charge is 2.19. The summed E-state index contributed by atoms with van der Waals surface area (Å²) in [5.41, 5.74) is 1.86. The van der Waals surface area contributed by atoms with Gasteiger partial charge in [-0.15, -0.1) is 11.3 Å². The monoisotopic (exact) mass is 311 g/mol. The number of anilines is 1. The molecule has 1 saturated heterocycles. The molecular formula is C17H17N3OS. The lowest BCUT2D eigenvalue weighted by Gasteiger charge is -2.06. The van der Waals surface area contributed by atoms with Gasteiger partial charge in [0.15, 0.2) is 0 Å². The Labute approximate surface area is 132 Å². The van der Waals surface area contributed by atoms with Gasteiger partial charge < -0.3 is 15.6 Å². The number of benzene rings is 1. The van der Waals surface area contributed by atoms with Crippen LogP contribution in [0.2, 0.25) is 0 Å². The fourth-order valence-corrected chi connectivity index (χ4v) is 3.96. The summed E-state index contributed by atoms with van der Waals surface area (Å²) in [6.07, 6.45) is 4.21. The van der Waals surface area contributed by atoms with Crippen molar-refractivity contribution in [3.63, 3.8) is 0 Å². The fraction of sp³-hybridized carbons (Fsp3) is 0.235. The second-order valence-corrected chi connectivity index (χ2v) is 6.67. The van der Waals surface area contributed by atoms with E-state index in [1.165, 1.54) is 11.3 Å². The molecule has 1 aliphatic rings. The Morgan fingerprint density at radius 1 is 1.23 bits per heavy atom. The summed E-state index contributed by atoms with van der Waals surface area (Å²) in [5.74, 6) is -0.0426. The number of H-pyrrole nitrogens is 1. The Kier molecular flexibility index (Phi) is 3.44. The predicted octanol–water partition coefficient (Wildman–Crippen LogP) is 3.91. The third-order valence-electron chi connectivity index (χ3n) is 4.09. The van der Waals surface area contributed by atoms with Crippen LogP contribution >= 0.6 is 11.3 Å². The van der Waals surface area contributed by atoms with Crippen molar-refractivity contribution in [2.24, 2.45) is 0 Å². The highest BCUT2D eigenvalue weighted by Crippen LogP contribution is 2.30. The normalized spacial score (nSPS) is 17.9. The van der Waals surface area contributed by atoms with E-state index in [0.29, 0.717) is 6.04 Å². The third-order valence-corrected chi connectivity index (χ3v) is 5.29. The first-order valence-electron chi connectivity index (χ1n) is 7.52. The van der Waals surface area contributed by atoms with Crippen molar-refractivity contribution in [3.8, 4) is 0 Å². The highest BCUT2D eigenvalue weighted by molar-refractivity contribution is 7.14. The average molecular weight is 311 g/mol. The second kappa shape index (κ2) is 5.59. The van der Waals surface area contributed by atoms with Crippen LogP contribution in [0.15, 0.2) is 42.6 Å². The van der Waals surface area contributed by atoms with Gasteiger partial charge in [-0.25, -0.2) is 0 Å². The van der Waals surface area contributed by atoms with Crippen LogP contribution in [0.4, 0.5) is 5.69 Å². The minimum Gasteiger partial charge on any atom is -0.359 e. The van der Waals surface area contributed by atoms with Crippen LogP contribution in [-0.2, 0) is 0 Å². The van der Waals surface area contributed by atoms with Gasteiger partial charge in [-0.1, -0.05) is 18.2 Å². The van der Waals surface area contributed by atoms with E-state index >= 15 is 0 Å².